The molecule has 1 heterocycles. The minimum atomic E-state index is -3.87. The summed E-state index contributed by atoms with van der Waals surface area (Å²) in [6.07, 6.45) is 2.34. The zero-order valence-corrected chi connectivity index (χ0v) is 15.1. The quantitative estimate of drug-likeness (QED) is 0.710. The molecule has 118 valence electrons. The fourth-order valence-corrected chi connectivity index (χ4v) is 5.82. The molecule has 0 amide bonds. The molecular weight excluding hydrogens is 381 g/mol. The van der Waals surface area contributed by atoms with E-state index in [1.807, 2.05) is 13.8 Å². The molecule has 1 aliphatic heterocycles. The second kappa shape index (κ2) is 6.52. The van der Waals surface area contributed by atoms with Crippen LogP contribution < -0.4 is 0 Å². The molecule has 1 aromatic rings. The van der Waals surface area contributed by atoms with Gasteiger partial charge in [0.1, 0.15) is 10.7 Å². The number of sulfonamides is 1. The van der Waals surface area contributed by atoms with Crippen molar-refractivity contribution < 1.29 is 12.8 Å². The van der Waals surface area contributed by atoms with Crippen molar-refractivity contribution in [3.63, 3.8) is 0 Å². The Morgan fingerprint density at radius 1 is 1.43 bits per heavy atom. The standard InChI is InChI=1S/C14H18BrClFNO2S/c1-3-12-5-4-9(2)18(12)21(19,20)13-7-11(15)6-10(8-16)14(13)17/h6-7,9,12H,3-5,8H2,1-2H3. The van der Waals surface area contributed by atoms with Crippen molar-refractivity contribution >= 4 is 37.6 Å². The second-order valence-corrected chi connectivity index (χ2v) is 8.33. The maximum Gasteiger partial charge on any atom is 0.246 e. The number of nitrogens with zero attached hydrogens (tertiary/aromatic N) is 1. The third-order valence-electron chi connectivity index (χ3n) is 3.96. The zero-order chi connectivity index (χ0) is 15.8. The summed E-state index contributed by atoms with van der Waals surface area (Å²) in [7, 11) is -3.87. The smallest absolute Gasteiger partial charge is 0.207 e. The summed E-state index contributed by atoms with van der Waals surface area (Å²) in [5.41, 5.74) is 0.185. The van der Waals surface area contributed by atoms with Crippen LogP contribution in [0.2, 0.25) is 0 Å². The van der Waals surface area contributed by atoms with E-state index in [-0.39, 0.29) is 28.4 Å². The Morgan fingerprint density at radius 2 is 2.10 bits per heavy atom. The lowest BCUT2D eigenvalue weighted by molar-refractivity contribution is 0.327. The van der Waals surface area contributed by atoms with Crippen LogP contribution in [0.3, 0.4) is 0 Å². The van der Waals surface area contributed by atoms with E-state index in [9.17, 15) is 12.8 Å². The molecule has 0 radical (unpaired) electrons. The Bertz CT molecular complexity index is 638. The van der Waals surface area contributed by atoms with Crippen molar-refractivity contribution in [1.29, 1.82) is 0 Å². The normalized spacial score (nSPS) is 23.7. The van der Waals surface area contributed by atoms with Gasteiger partial charge in [0.05, 0.1) is 5.88 Å². The van der Waals surface area contributed by atoms with E-state index in [0.29, 0.717) is 4.47 Å². The van der Waals surface area contributed by atoms with Crippen LogP contribution in [0.25, 0.3) is 0 Å². The molecule has 2 unspecified atom stereocenters. The minimum Gasteiger partial charge on any atom is -0.207 e. The molecular formula is C14H18BrClFNO2S. The summed E-state index contributed by atoms with van der Waals surface area (Å²) < 4.78 is 42.2. The van der Waals surface area contributed by atoms with Crippen LogP contribution in [0.5, 0.6) is 0 Å². The van der Waals surface area contributed by atoms with Crippen LogP contribution >= 0.6 is 27.5 Å². The van der Waals surface area contributed by atoms with E-state index < -0.39 is 15.8 Å². The Hall–Kier alpha value is -0.170. The Labute approximate surface area is 138 Å². The van der Waals surface area contributed by atoms with Gasteiger partial charge in [-0.25, -0.2) is 12.8 Å². The van der Waals surface area contributed by atoms with Crippen LogP contribution in [-0.2, 0) is 15.9 Å². The summed E-state index contributed by atoms with van der Waals surface area (Å²) in [6.45, 7) is 3.82. The van der Waals surface area contributed by atoms with Gasteiger partial charge in [-0.3, -0.25) is 0 Å². The number of rotatable bonds is 4. The number of hydrogen-bond donors (Lipinski definition) is 0. The van der Waals surface area contributed by atoms with E-state index in [0.717, 1.165) is 19.3 Å². The molecule has 0 N–H and O–H groups in total. The van der Waals surface area contributed by atoms with Crippen molar-refractivity contribution in [3.8, 4) is 0 Å². The number of benzene rings is 1. The number of hydrogen-bond acceptors (Lipinski definition) is 2. The minimum absolute atomic E-state index is 0.0668. The lowest BCUT2D eigenvalue weighted by Crippen LogP contribution is -2.40. The van der Waals surface area contributed by atoms with E-state index in [4.69, 9.17) is 11.6 Å². The van der Waals surface area contributed by atoms with Gasteiger partial charge in [0, 0.05) is 22.1 Å². The van der Waals surface area contributed by atoms with Crippen molar-refractivity contribution in [2.75, 3.05) is 0 Å². The largest absolute Gasteiger partial charge is 0.246 e. The maximum atomic E-state index is 14.4. The average molecular weight is 399 g/mol. The highest BCUT2D eigenvalue weighted by molar-refractivity contribution is 9.10. The molecule has 0 aliphatic carbocycles. The highest BCUT2D eigenvalue weighted by atomic mass is 79.9. The predicted molar refractivity (Wildman–Crippen MR) is 85.5 cm³/mol. The monoisotopic (exact) mass is 397 g/mol. The van der Waals surface area contributed by atoms with Crippen molar-refractivity contribution in [3.05, 3.63) is 28.0 Å². The highest BCUT2D eigenvalue weighted by Crippen LogP contribution is 2.35. The van der Waals surface area contributed by atoms with Crippen molar-refractivity contribution in [2.24, 2.45) is 0 Å². The second-order valence-electron chi connectivity index (χ2n) is 5.33. The first-order valence-electron chi connectivity index (χ1n) is 6.90. The van der Waals surface area contributed by atoms with Crippen molar-refractivity contribution in [1.82, 2.24) is 4.31 Å². The topological polar surface area (TPSA) is 37.4 Å². The molecule has 3 nitrogen and oxygen atoms in total. The summed E-state index contributed by atoms with van der Waals surface area (Å²) in [6, 6.07) is 2.64. The van der Waals surface area contributed by atoms with Crippen LogP contribution in [-0.4, -0.2) is 24.8 Å². The molecule has 0 spiro atoms. The van der Waals surface area contributed by atoms with Gasteiger partial charge in [-0.05, 0) is 38.3 Å². The van der Waals surface area contributed by atoms with Gasteiger partial charge in [0.15, 0.2) is 0 Å². The van der Waals surface area contributed by atoms with Gasteiger partial charge in [-0.15, -0.1) is 11.6 Å². The molecule has 2 rings (SSSR count). The SMILES string of the molecule is CCC1CCC(C)N1S(=O)(=O)c1cc(Br)cc(CCl)c1F. The predicted octanol–water partition coefficient (Wildman–Crippen LogP) is 4.28. The molecule has 1 aliphatic rings. The Kier molecular flexibility index (Phi) is 5.34. The summed E-state index contributed by atoms with van der Waals surface area (Å²) in [5.74, 6) is -0.817. The van der Waals surface area contributed by atoms with Crippen molar-refractivity contribution in [2.45, 2.75) is 56.0 Å². The Balaban J connectivity index is 2.56. The van der Waals surface area contributed by atoms with Crippen LogP contribution in [0.1, 0.15) is 38.7 Å². The average Bonchev–Trinajstić information content (AvgIpc) is 2.82. The maximum absolute atomic E-state index is 14.4. The highest BCUT2D eigenvalue weighted by Gasteiger charge is 2.40. The van der Waals surface area contributed by atoms with E-state index in [1.54, 1.807) is 0 Å². The first-order chi connectivity index (χ1) is 9.82. The first kappa shape index (κ1) is 17.2. The van der Waals surface area contributed by atoms with Crippen LogP contribution in [0, 0.1) is 5.82 Å². The fourth-order valence-electron chi connectivity index (χ4n) is 2.88. The van der Waals surface area contributed by atoms with E-state index in [1.165, 1.54) is 16.4 Å². The lowest BCUT2D eigenvalue weighted by atomic mass is 10.2. The lowest BCUT2D eigenvalue weighted by Gasteiger charge is -2.27. The van der Waals surface area contributed by atoms with Gasteiger partial charge in [0.25, 0.3) is 0 Å². The van der Waals surface area contributed by atoms with Gasteiger partial charge >= 0.3 is 0 Å². The zero-order valence-electron chi connectivity index (χ0n) is 11.9. The van der Waals surface area contributed by atoms with Gasteiger partial charge in [0.2, 0.25) is 10.0 Å². The molecule has 1 aromatic carbocycles. The first-order valence-corrected chi connectivity index (χ1v) is 9.67. The number of halogens is 3. The van der Waals surface area contributed by atoms with Gasteiger partial charge in [-0.2, -0.15) is 4.31 Å². The van der Waals surface area contributed by atoms with Crippen LogP contribution in [0.4, 0.5) is 4.39 Å². The van der Waals surface area contributed by atoms with Crippen LogP contribution in [0.15, 0.2) is 21.5 Å². The summed E-state index contributed by atoms with van der Waals surface area (Å²) in [4.78, 5) is -0.292. The molecule has 0 aromatic heterocycles. The van der Waals surface area contributed by atoms with E-state index >= 15 is 0 Å². The molecule has 7 heteroatoms. The molecule has 2 atom stereocenters. The molecule has 21 heavy (non-hydrogen) atoms. The van der Waals surface area contributed by atoms with Gasteiger partial charge in [-0.1, -0.05) is 22.9 Å². The molecule has 0 bridgehead atoms. The molecule has 0 saturated carbocycles. The third-order valence-corrected chi connectivity index (χ3v) is 6.77. The Morgan fingerprint density at radius 3 is 2.67 bits per heavy atom. The van der Waals surface area contributed by atoms with E-state index in [2.05, 4.69) is 15.9 Å². The molecule has 1 saturated heterocycles. The molecule has 1 fully saturated rings. The summed E-state index contributed by atoms with van der Waals surface area (Å²) >= 11 is 8.93. The van der Waals surface area contributed by atoms with Gasteiger partial charge < -0.3 is 0 Å². The number of alkyl halides is 1. The fraction of sp³-hybridized carbons (Fsp3) is 0.571. The third kappa shape index (κ3) is 3.14. The summed E-state index contributed by atoms with van der Waals surface area (Å²) in [5, 5.41) is 0.